The molecule has 1 aromatic carbocycles. The Morgan fingerprint density at radius 3 is 2.72 bits per heavy atom. The van der Waals surface area contributed by atoms with Crippen LogP contribution in [0.1, 0.15) is 32.8 Å². The second-order valence-electron chi connectivity index (χ2n) is 4.92. The molecule has 1 aromatic rings. The van der Waals surface area contributed by atoms with Crippen molar-refractivity contribution in [3.8, 4) is 5.75 Å². The van der Waals surface area contributed by atoms with Crippen molar-refractivity contribution in [3.63, 3.8) is 0 Å². The van der Waals surface area contributed by atoms with Gasteiger partial charge >= 0.3 is 0 Å². The smallest absolute Gasteiger partial charge is 0.165 e. The summed E-state index contributed by atoms with van der Waals surface area (Å²) in [6, 6.07) is 4.89. The third-order valence-electron chi connectivity index (χ3n) is 2.57. The highest BCUT2D eigenvalue weighted by molar-refractivity contribution is 5.34. The van der Waals surface area contributed by atoms with Crippen LogP contribution in [0.15, 0.2) is 18.2 Å². The summed E-state index contributed by atoms with van der Waals surface area (Å²) in [5.41, 5.74) is 0.000177. The monoisotopic (exact) mass is 255 g/mol. The number of para-hydroxylation sites is 1. The van der Waals surface area contributed by atoms with Crippen LogP contribution in [-0.2, 0) is 6.54 Å². The molecule has 0 spiro atoms. The van der Waals surface area contributed by atoms with Crippen LogP contribution in [-0.4, -0.2) is 23.9 Å². The molecule has 0 aliphatic rings. The van der Waals surface area contributed by atoms with Gasteiger partial charge in [-0.05, 0) is 26.5 Å². The zero-order chi connectivity index (χ0) is 13.6. The number of benzene rings is 1. The standard InChI is InChI=1S/C14H22FNO2/c1-4-16-10-11-6-5-7-12(15)13(11)18-9-8-14(2,3)17/h5-7,16-17H,4,8-10H2,1-3H3. The molecular weight excluding hydrogens is 233 g/mol. The number of rotatable bonds is 7. The second kappa shape index (κ2) is 6.71. The Balaban J connectivity index is 2.67. The molecule has 102 valence electrons. The normalized spacial score (nSPS) is 11.6. The van der Waals surface area contributed by atoms with Gasteiger partial charge in [-0.15, -0.1) is 0 Å². The van der Waals surface area contributed by atoms with Gasteiger partial charge in [0.2, 0.25) is 0 Å². The third-order valence-corrected chi connectivity index (χ3v) is 2.57. The number of halogens is 1. The van der Waals surface area contributed by atoms with E-state index in [1.165, 1.54) is 6.07 Å². The highest BCUT2D eigenvalue weighted by atomic mass is 19.1. The summed E-state index contributed by atoms with van der Waals surface area (Å²) >= 11 is 0. The van der Waals surface area contributed by atoms with Gasteiger partial charge in [-0.2, -0.15) is 0 Å². The Kier molecular flexibility index (Phi) is 5.56. The minimum absolute atomic E-state index is 0.280. The SMILES string of the molecule is CCNCc1cccc(F)c1OCCC(C)(C)O. The Labute approximate surface area is 108 Å². The number of hydrogen-bond donors (Lipinski definition) is 2. The lowest BCUT2D eigenvalue weighted by Gasteiger charge is -2.18. The molecule has 2 N–H and O–H groups in total. The first-order valence-electron chi connectivity index (χ1n) is 6.27. The van der Waals surface area contributed by atoms with Crippen LogP contribution in [0.4, 0.5) is 4.39 Å². The van der Waals surface area contributed by atoms with Crippen molar-refractivity contribution in [2.45, 2.75) is 39.3 Å². The molecule has 0 aliphatic heterocycles. The van der Waals surface area contributed by atoms with E-state index in [-0.39, 0.29) is 11.6 Å². The van der Waals surface area contributed by atoms with Gasteiger partial charge in [-0.1, -0.05) is 19.1 Å². The fraction of sp³-hybridized carbons (Fsp3) is 0.571. The Hall–Kier alpha value is -1.13. The first-order valence-corrected chi connectivity index (χ1v) is 6.27. The Bertz CT molecular complexity index is 375. The molecule has 0 amide bonds. The van der Waals surface area contributed by atoms with Gasteiger partial charge in [0.15, 0.2) is 11.6 Å². The molecule has 3 nitrogen and oxygen atoms in total. The van der Waals surface area contributed by atoms with Crippen molar-refractivity contribution in [2.24, 2.45) is 0 Å². The summed E-state index contributed by atoms with van der Waals surface area (Å²) in [7, 11) is 0. The van der Waals surface area contributed by atoms with Crippen LogP contribution in [0.2, 0.25) is 0 Å². The zero-order valence-electron chi connectivity index (χ0n) is 11.3. The van der Waals surface area contributed by atoms with Crippen molar-refractivity contribution in [3.05, 3.63) is 29.6 Å². The topological polar surface area (TPSA) is 41.5 Å². The summed E-state index contributed by atoms with van der Waals surface area (Å²) in [6.45, 7) is 7.10. The lowest BCUT2D eigenvalue weighted by Crippen LogP contribution is -2.22. The number of hydrogen-bond acceptors (Lipinski definition) is 3. The van der Waals surface area contributed by atoms with E-state index in [0.717, 1.165) is 12.1 Å². The quantitative estimate of drug-likeness (QED) is 0.786. The predicted molar refractivity (Wildman–Crippen MR) is 70.2 cm³/mol. The van der Waals surface area contributed by atoms with Crippen LogP contribution in [0, 0.1) is 5.82 Å². The van der Waals surface area contributed by atoms with Crippen molar-refractivity contribution in [1.29, 1.82) is 0 Å². The van der Waals surface area contributed by atoms with Gasteiger partial charge in [-0.3, -0.25) is 0 Å². The largest absolute Gasteiger partial charge is 0.490 e. The van der Waals surface area contributed by atoms with Crippen LogP contribution in [0.3, 0.4) is 0 Å². The van der Waals surface area contributed by atoms with E-state index in [0.29, 0.717) is 19.6 Å². The fourth-order valence-corrected chi connectivity index (χ4v) is 1.52. The summed E-state index contributed by atoms with van der Waals surface area (Å²) in [5, 5.41) is 12.7. The lowest BCUT2D eigenvalue weighted by molar-refractivity contribution is 0.0545. The predicted octanol–water partition coefficient (Wildman–Crippen LogP) is 2.48. The lowest BCUT2D eigenvalue weighted by atomic mass is 10.1. The Morgan fingerprint density at radius 1 is 1.39 bits per heavy atom. The van der Waals surface area contributed by atoms with E-state index in [1.807, 2.05) is 13.0 Å². The van der Waals surface area contributed by atoms with Gasteiger partial charge in [0.25, 0.3) is 0 Å². The molecule has 0 heterocycles. The molecule has 0 aromatic heterocycles. The summed E-state index contributed by atoms with van der Waals surface area (Å²) in [6.07, 6.45) is 0.460. The summed E-state index contributed by atoms with van der Waals surface area (Å²) in [4.78, 5) is 0. The van der Waals surface area contributed by atoms with Gasteiger partial charge in [0.1, 0.15) is 0 Å². The zero-order valence-corrected chi connectivity index (χ0v) is 11.3. The van der Waals surface area contributed by atoms with Crippen LogP contribution in [0.5, 0.6) is 5.75 Å². The van der Waals surface area contributed by atoms with E-state index in [1.54, 1.807) is 19.9 Å². The summed E-state index contributed by atoms with van der Waals surface area (Å²) < 4.78 is 19.1. The molecule has 18 heavy (non-hydrogen) atoms. The van der Waals surface area contributed by atoms with Gasteiger partial charge < -0.3 is 15.2 Å². The second-order valence-corrected chi connectivity index (χ2v) is 4.92. The fourth-order valence-electron chi connectivity index (χ4n) is 1.52. The van der Waals surface area contributed by atoms with Crippen molar-refractivity contribution < 1.29 is 14.2 Å². The molecular formula is C14H22FNO2. The van der Waals surface area contributed by atoms with E-state index >= 15 is 0 Å². The first-order chi connectivity index (χ1) is 8.44. The van der Waals surface area contributed by atoms with Crippen LogP contribution >= 0.6 is 0 Å². The molecule has 0 bridgehead atoms. The Morgan fingerprint density at radius 2 is 2.11 bits per heavy atom. The van der Waals surface area contributed by atoms with E-state index in [4.69, 9.17) is 4.74 Å². The highest BCUT2D eigenvalue weighted by Gasteiger charge is 2.14. The minimum atomic E-state index is -0.799. The van der Waals surface area contributed by atoms with Gasteiger partial charge in [-0.25, -0.2) is 4.39 Å². The first kappa shape index (κ1) is 14.9. The molecule has 0 atom stereocenters. The molecule has 0 saturated heterocycles. The van der Waals surface area contributed by atoms with E-state index in [2.05, 4.69) is 5.32 Å². The number of aliphatic hydroxyl groups is 1. The van der Waals surface area contributed by atoms with Gasteiger partial charge in [0.05, 0.1) is 12.2 Å². The maximum absolute atomic E-state index is 13.7. The molecule has 4 heteroatoms. The van der Waals surface area contributed by atoms with Crippen LogP contribution < -0.4 is 10.1 Å². The van der Waals surface area contributed by atoms with Crippen molar-refractivity contribution in [1.82, 2.24) is 5.32 Å². The van der Waals surface area contributed by atoms with E-state index in [9.17, 15) is 9.50 Å². The van der Waals surface area contributed by atoms with E-state index < -0.39 is 5.60 Å². The number of ether oxygens (including phenoxy) is 1. The minimum Gasteiger partial charge on any atom is -0.490 e. The average molecular weight is 255 g/mol. The maximum atomic E-state index is 13.7. The maximum Gasteiger partial charge on any atom is 0.165 e. The number of nitrogens with one attached hydrogen (secondary N) is 1. The van der Waals surface area contributed by atoms with Crippen molar-refractivity contribution >= 4 is 0 Å². The van der Waals surface area contributed by atoms with Crippen LogP contribution in [0.25, 0.3) is 0 Å². The molecule has 1 rings (SSSR count). The molecule has 0 aliphatic carbocycles. The molecule has 0 fully saturated rings. The highest BCUT2D eigenvalue weighted by Crippen LogP contribution is 2.23. The summed E-state index contributed by atoms with van der Waals surface area (Å²) in [5.74, 6) is -0.0798. The van der Waals surface area contributed by atoms with Gasteiger partial charge in [0, 0.05) is 18.5 Å². The molecule has 0 unspecified atom stereocenters. The van der Waals surface area contributed by atoms with Crippen molar-refractivity contribution in [2.75, 3.05) is 13.2 Å². The third kappa shape index (κ3) is 5.02. The average Bonchev–Trinajstić information content (AvgIpc) is 2.27. The molecule has 0 radical (unpaired) electrons. The molecule has 0 saturated carbocycles.